The number of methoxy groups -OCH3 is 1. The van der Waals surface area contributed by atoms with E-state index in [0.29, 0.717) is 23.9 Å². The van der Waals surface area contributed by atoms with Gasteiger partial charge >= 0.3 is 0 Å². The van der Waals surface area contributed by atoms with Crippen LogP contribution in [0.1, 0.15) is 25.7 Å². The molecule has 0 N–H and O–H groups in total. The molecule has 0 aliphatic carbocycles. The number of fused-ring (bicyclic) bond motifs is 1. The van der Waals surface area contributed by atoms with Crippen molar-refractivity contribution in [1.29, 1.82) is 0 Å². The van der Waals surface area contributed by atoms with E-state index in [1.54, 1.807) is 4.90 Å². The number of carbonyl (C=O) groups excluding carboxylic acids is 1. The van der Waals surface area contributed by atoms with Crippen LogP contribution in [0.2, 0.25) is 0 Å². The molecule has 22 heavy (non-hydrogen) atoms. The van der Waals surface area contributed by atoms with E-state index in [4.69, 9.17) is 4.74 Å². The van der Waals surface area contributed by atoms with Crippen LogP contribution in [-0.4, -0.2) is 44.2 Å². The Labute approximate surface area is 126 Å². The number of hydrogen-bond donors (Lipinski definition) is 0. The van der Waals surface area contributed by atoms with Crippen LogP contribution in [0.4, 0.5) is 4.39 Å². The molecule has 3 heterocycles. The van der Waals surface area contributed by atoms with Crippen molar-refractivity contribution in [2.75, 3.05) is 7.11 Å². The van der Waals surface area contributed by atoms with Crippen LogP contribution in [0, 0.1) is 5.82 Å². The summed E-state index contributed by atoms with van der Waals surface area (Å²) in [6.07, 6.45) is 1.93. The number of carbonyl (C=O) groups is 1. The molecule has 3 rings (SSSR count). The zero-order valence-corrected chi connectivity index (χ0v) is 12.5. The maximum atomic E-state index is 13.5. The summed E-state index contributed by atoms with van der Waals surface area (Å²) in [6, 6.07) is 1.33. The minimum atomic E-state index is -0.529. The average molecular weight is 305 g/mol. The first kappa shape index (κ1) is 14.4. The molecule has 2 aromatic rings. The summed E-state index contributed by atoms with van der Waals surface area (Å²) in [5.74, 6) is 0.801. The normalized spacial score (nSPS) is 20.6. The van der Waals surface area contributed by atoms with Crippen molar-refractivity contribution >= 4 is 6.41 Å². The highest BCUT2D eigenvalue weighted by Gasteiger charge is 2.32. The number of ether oxygens (including phenoxy) is 1. The quantitative estimate of drug-likeness (QED) is 0.802. The fourth-order valence-electron chi connectivity index (χ4n) is 2.76. The number of rotatable bonds is 3. The van der Waals surface area contributed by atoms with Crippen LogP contribution >= 0.6 is 0 Å². The summed E-state index contributed by atoms with van der Waals surface area (Å²) in [5.41, 5.74) is 0.482. The van der Waals surface area contributed by atoms with E-state index in [2.05, 4.69) is 15.2 Å². The summed E-state index contributed by atoms with van der Waals surface area (Å²) in [6.45, 7) is 4.41. The second kappa shape index (κ2) is 5.36. The lowest BCUT2D eigenvalue weighted by Crippen LogP contribution is -2.43. The Balaban J connectivity index is 2.07. The van der Waals surface area contributed by atoms with Crippen LogP contribution < -0.4 is 4.74 Å². The Morgan fingerprint density at radius 1 is 1.41 bits per heavy atom. The predicted octanol–water partition coefficient (Wildman–Crippen LogP) is 1.41. The van der Waals surface area contributed by atoms with E-state index in [0.717, 1.165) is 12.6 Å². The first-order valence-electron chi connectivity index (χ1n) is 6.92. The summed E-state index contributed by atoms with van der Waals surface area (Å²) < 4.78 is 20.4. The summed E-state index contributed by atoms with van der Waals surface area (Å²) >= 11 is 0. The SMILES string of the molecule is COc1cc(-c2nnc3n2CC(C)N(C=O)C3C)ncc1F. The van der Waals surface area contributed by atoms with Crippen molar-refractivity contribution < 1.29 is 13.9 Å². The molecule has 7 nitrogen and oxygen atoms in total. The van der Waals surface area contributed by atoms with Crippen LogP contribution in [-0.2, 0) is 11.3 Å². The number of nitrogens with zero attached hydrogens (tertiary/aromatic N) is 5. The van der Waals surface area contributed by atoms with Crippen molar-refractivity contribution in [2.45, 2.75) is 32.5 Å². The molecule has 0 fully saturated rings. The summed E-state index contributed by atoms with van der Waals surface area (Å²) in [7, 11) is 1.40. The zero-order valence-electron chi connectivity index (χ0n) is 12.5. The van der Waals surface area contributed by atoms with Gasteiger partial charge in [0.25, 0.3) is 0 Å². The molecule has 2 atom stereocenters. The Morgan fingerprint density at radius 3 is 2.86 bits per heavy atom. The second-order valence-electron chi connectivity index (χ2n) is 5.27. The van der Waals surface area contributed by atoms with Crippen LogP contribution in [0.25, 0.3) is 11.5 Å². The smallest absolute Gasteiger partial charge is 0.210 e. The summed E-state index contributed by atoms with van der Waals surface area (Å²) in [4.78, 5) is 17.0. The lowest BCUT2D eigenvalue weighted by Gasteiger charge is -2.36. The second-order valence-corrected chi connectivity index (χ2v) is 5.27. The molecule has 0 radical (unpaired) electrons. The Hall–Kier alpha value is -2.51. The van der Waals surface area contributed by atoms with E-state index in [1.807, 2.05) is 18.4 Å². The molecule has 1 amide bonds. The molecule has 0 saturated carbocycles. The molecule has 2 unspecified atom stereocenters. The van der Waals surface area contributed by atoms with Crippen molar-refractivity contribution in [3.8, 4) is 17.3 Å². The van der Waals surface area contributed by atoms with Gasteiger partial charge in [-0.05, 0) is 13.8 Å². The number of pyridine rings is 1. The van der Waals surface area contributed by atoms with Crippen LogP contribution in [0.5, 0.6) is 5.75 Å². The number of aromatic nitrogens is 4. The number of hydrogen-bond acceptors (Lipinski definition) is 5. The maximum Gasteiger partial charge on any atom is 0.210 e. The van der Waals surface area contributed by atoms with Gasteiger partial charge in [-0.3, -0.25) is 4.79 Å². The molecular formula is C14H16FN5O2. The van der Waals surface area contributed by atoms with E-state index >= 15 is 0 Å². The molecule has 0 bridgehead atoms. The molecule has 0 aromatic carbocycles. The zero-order chi connectivity index (χ0) is 15.9. The Morgan fingerprint density at radius 2 is 2.18 bits per heavy atom. The first-order chi connectivity index (χ1) is 10.6. The van der Waals surface area contributed by atoms with Gasteiger partial charge in [-0.2, -0.15) is 0 Å². The van der Waals surface area contributed by atoms with E-state index in [9.17, 15) is 9.18 Å². The fourth-order valence-corrected chi connectivity index (χ4v) is 2.76. The van der Waals surface area contributed by atoms with Gasteiger partial charge in [0.1, 0.15) is 5.69 Å². The average Bonchev–Trinajstić information content (AvgIpc) is 2.92. The Bertz CT molecular complexity index is 717. The van der Waals surface area contributed by atoms with Crippen LogP contribution in [0.15, 0.2) is 12.3 Å². The van der Waals surface area contributed by atoms with Crippen LogP contribution in [0.3, 0.4) is 0 Å². The molecule has 8 heteroatoms. The molecule has 116 valence electrons. The van der Waals surface area contributed by atoms with E-state index in [1.165, 1.54) is 13.2 Å². The third-order valence-electron chi connectivity index (χ3n) is 3.95. The van der Waals surface area contributed by atoms with E-state index < -0.39 is 5.82 Å². The number of halogens is 1. The minimum absolute atomic E-state index is 0.0112. The maximum absolute atomic E-state index is 13.5. The van der Waals surface area contributed by atoms with Gasteiger partial charge in [-0.15, -0.1) is 10.2 Å². The summed E-state index contributed by atoms with van der Waals surface area (Å²) in [5, 5.41) is 8.32. The molecule has 0 spiro atoms. The topological polar surface area (TPSA) is 73.1 Å². The van der Waals surface area contributed by atoms with Gasteiger partial charge in [0.15, 0.2) is 23.2 Å². The molecule has 1 aliphatic rings. The van der Waals surface area contributed by atoms with Gasteiger partial charge in [0, 0.05) is 18.7 Å². The van der Waals surface area contributed by atoms with Crippen molar-refractivity contribution in [2.24, 2.45) is 0 Å². The third kappa shape index (κ3) is 2.11. The lowest BCUT2D eigenvalue weighted by atomic mass is 10.1. The lowest BCUT2D eigenvalue weighted by molar-refractivity contribution is -0.123. The Kier molecular flexibility index (Phi) is 3.51. The van der Waals surface area contributed by atoms with E-state index in [-0.39, 0.29) is 17.8 Å². The van der Waals surface area contributed by atoms with Gasteiger partial charge in [0.2, 0.25) is 6.41 Å². The molecular weight excluding hydrogens is 289 g/mol. The van der Waals surface area contributed by atoms with Gasteiger partial charge in [-0.25, -0.2) is 9.37 Å². The molecule has 2 aromatic heterocycles. The fraction of sp³-hybridized carbons (Fsp3) is 0.429. The number of amides is 1. The van der Waals surface area contributed by atoms with Gasteiger partial charge in [0.05, 0.1) is 19.3 Å². The standard InChI is InChI=1S/C14H16FN5O2/c1-8-6-19-13(9(2)20(8)7-21)17-18-14(19)11-4-12(22-3)10(15)5-16-11/h4-5,7-9H,6H2,1-3H3. The van der Waals surface area contributed by atoms with Gasteiger partial charge in [-0.1, -0.05) is 0 Å². The third-order valence-corrected chi connectivity index (χ3v) is 3.95. The largest absolute Gasteiger partial charge is 0.494 e. The first-order valence-corrected chi connectivity index (χ1v) is 6.92. The van der Waals surface area contributed by atoms with Crippen molar-refractivity contribution in [3.63, 3.8) is 0 Å². The molecule has 1 aliphatic heterocycles. The highest BCUT2D eigenvalue weighted by molar-refractivity contribution is 5.54. The van der Waals surface area contributed by atoms with Crippen molar-refractivity contribution in [1.82, 2.24) is 24.6 Å². The molecule has 0 saturated heterocycles. The van der Waals surface area contributed by atoms with Gasteiger partial charge < -0.3 is 14.2 Å². The highest BCUT2D eigenvalue weighted by Crippen LogP contribution is 2.30. The highest BCUT2D eigenvalue weighted by atomic mass is 19.1. The predicted molar refractivity (Wildman–Crippen MR) is 75.5 cm³/mol. The monoisotopic (exact) mass is 305 g/mol. The minimum Gasteiger partial charge on any atom is -0.494 e. The van der Waals surface area contributed by atoms with Crippen molar-refractivity contribution in [3.05, 3.63) is 23.9 Å².